The number of alkyl halides is 1. The third-order valence-corrected chi connectivity index (χ3v) is 2.63. The van der Waals surface area contributed by atoms with Gasteiger partial charge in [0.2, 0.25) is 0 Å². The largest absolute Gasteiger partial charge is 0.496 e. The highest BCUT2D eigenvalue weighted by Crippen LogP contribution is 2.25. The van der Waals surface area contributed by atoms with E-state index < -0.39 is 0 Å². The van der Waals surface area contributed by atoms with Crippen molar-refractivity contribution in [3.63, 3.8) is 0 Å². The Hall–Kier alpha value is -0.250. The van der Waals surface area contributed by atoms with E-state index >= 15 is 0 Å². The van der Waals surface area contributed by atoms with Gasteiger partial charge in [-0.1, -0.05) is 6.07 Å². The molecule has 0 saturated carbocycles. The van der Waals surface area contributed by atoms with E-state index in [4.69, 9.17) is 16.3 Å². The molecule has 0 spiro atoms. The van der Waals surface area contributed by atoms with Crippen LogP contribution in [0.1, 0.15) is 5.56 Å². The molecule has 78 valence electrons. The fraction of sp³-hybridized carbons (Fsp3) is 0.400. The molecule has 0 aliphatic rings. The van der Waals surface area contributed by atoms with Crippen molar-refractivity contribution < 1.29 is 4.74 Å². The van der Waals surface area contributed by atoms with E-state index in [1.54, 1.807) is 7.11 Å². The van der Waals surface area contributed by atoms with Crippen LogP contribution in [0.4, 0.5) is 0 Å². The van der Waals surface area contributed by atoms with Crippen molar-refractivity contribution in [2.75, 3.05) is 19.5 Å². The molecule has 0 fully saturated rings. The maximum absolute atomic E-state index is 5.55. The van der Waals surface area contributed by atoms with Crippen LogP contribution in [0, 0.1) is 0 Å². The second-order valence-electron chi connectivity index (χ2n) is 2.83. The first-order valence-corrected chi connectivity index (χ1v) is 5.69. The number of hydrogen-bond acceptors (Lipinski definition) is 2. The van der Waals surface area contributed by atoms with Gasteiger partial charge in [0.25, 0.3) is 0 Å². The first-order chi connectivity index (χ1) is 6.77. The van der Waals surface area contributed by atoms with Crippen molar-refractivity contribution in [1.82, 2.24) is 5.32 Å². The molecule has 1 N–H and O–H groups in total. The van der Waals surface area contributed by atoms with Crippen LogP contribution in [0.3, 0.4) is 0 Å². The molecule has 1 aromatic carbocycles. The average molecular weight is 279 g/mol. The van der Waals surface area contributed by atoms with Gasteiger partial charge < -0.3 is 10.1 Å². The van der Waals surface area contributed by atoms with Gasteiger partial charge in [-0.25, -0.2) is 0 Å². The van der Waals surface area contributed by atoms with Gasteiger partial charge in [-0.05, 0) is 33.6 Å². The van der Waals surface area contributed by atoms with E-state index in [1.165, 1.54) is 5.56 Å². The summed E-state index contributed by atoms with van der Waals surface area (Å²) in [5.41, 5.74) is 1.21. The predicted octanol–water partition coefficient (Wildman–Crippen LogP) is 2.79. The monoisotopic (exact) mass is 277 g/mol. The van der Waals surface area contributed by atoms with Crippen LogP contribution in [-0.2, 0) is 6.54 Å². The Labute approximate surface area is 97.7 Å². The van der Waals surface area contributed by atoms with Crippen LogP contribution in [0.5, 0.6) is 5.75 Å². The van der Waals surface area contributed by atoms with Crippen LogP contribution < -0.4 is 10.1 Å². The standard InChI is InChI=1S/C10H13BrClNO/c1-14-10-3-2-8(6-9(10)11)7-13-5-4-12/h2-3,6,13H,4-5,7H2,1H3. The molecule has 2 nitrogen and oxygen atoms in total. The predicted molar refractivity (Wildman–Crippen MR) is 63.1 cm³/mol. The zero-order chi connectivity index (χ0) is 10.4. The molecule has 14 heavy (non-hydrogen) atoms. The minimum Gasteiger partial charge on any atom is -0.496 e. The topological polar surface area (TPSA) is 21.3 Å². The Bertz CT molecular complexity index is 293. The molecular formula is C10H13BrClNO. The first-order valence-electron chi connectivity index (χ1n) is 4.37. The minimum absolute atomic E-state index is 0.636. The second-order valence-corrected chi connectivity index (χ2v) is 4.07. The molecule has 0 aliphatic carbocycles. The maximum atomic E-state index is 5.55. The number of halogens is 2. The highest BCUT2D eigenvalue weighted by Gasteiger charge is 2.00. The fourth-order valence-corrected chi connectivity index (χ4v) is 1.84. The van der Waals surface area contributed by atoms with E-state index in [0.29, 0.717) is 5.88 Å². The zero-order valence-electron chi connectivity index (χ0n) is 8.02. The SMILES string of the molecule is COc1ccc(CNCCCl)cc1Br. The van der Waals surface area contributed by atoms with Gasteiger partial charge in [-0.15, -0.1) is 11.6 Å². The lowest BCUT2D eigenvalue weighted by atomic mass is 10.2. The fourth-order valence-electron chi connectivity index (χ4n) is 1.12. The van der Waals surface area contributed by atoms with E-state index in [1.807, 2.05) is 18.2 Å². The van der Waals surface area contributed by atoms with Crippen molar-refractivity contribution in [3.05, 3.63) is 28.2 Å². The Morgan fingerprint density at radius 1 is 1.50 bits per heavy atom. The van der Waals surface area contributed by atoms with Gasteiger partial charge in [-0.3, -0.25) is 0 Å². The van der Waals surface area contributed by atoms with Gasteiger partial charge >= 0.3 is 0 Å². The molecule has 0 atom stereocenters. The molecule has 0 aliphatic heterocycles. The number of hydrogen-bond donors (Lipinski definition) is 1. The van der Waals surface area contributed by atoms with Gasteiger partial charge in [0.15, 0.2) is 0 Å². The summed E-state index contributed by atoms with van der Waals surface area (Å²) in [5.74, 6) is 1.49. The molecule has 0 heterocycles. The van der Waals surface area contributed by atoms with E-state index in [9.17, 15) is 0 Å². The van der Waals surface area contributed by atoms with Gasteiger partial charge in [0.05, 0.1) is 11.6 Å². The second kappa shape index (κ2) is 6.27. The molecule has 0 aromatic heterocycles. The van der Waals surface area contributed by atoms with Crippen molar-refractivity contribution >= 4 is 27.5 Å². The molecule has 0 amide bonds. The lowest BCUT2D eigenvalue weighted by Gasteiger charge is -2.06. The Morgan fingerprint density at radius 3 is 2.86 bits per heavy atom. The summed E-state index contributed by atoms with van der Waals surface area (Å²) >= 11 is 8.99. The minimum atomic E-state index is 0.636. The lowest BCUT2D eigenvalue weighted by molar-refractivity contribution is 0.412. The van der Waals surface area contributed by atoms with Gasteiger partial charge in [-0.2, -0.15) is 0 Å². The van der Waals surface area contributed by atoms with Gasteiger partial charge in [0.1, 0.15) is 5.75 Å². The molecule has 0 bridgehead atoms. The van der Waals surface area contributed by atoms with E-state index in [0.717, 1.165) is 23.3 Å². The molecule has 0 unspecified atom stereocenters. The number of rotatable bonds is 5. The first kappa shape index (κ1) is 11.8. The van der Waals surface area contributed by atoms with Crippen molar-refractivity contribution in [2.45, 2.75) is 6.54 Å². The summed E-state index contributed by atoms with van der Waals surface area (Å²) in [4.78, 5) is 0. The van der Waals surface area contributed by atoms with E-state index in [-0.39, 0.29) is 0 Å². The Balaban J connectivity index is 2.57. The Kier molecular flexibility index (Phi) is 5.30. The van der Waals surface area contributed by atoms with Crippen LogP contribution in [0.15, 0.2) is 22.7 Å². The maximum Gasteiger partial charge on any atom is 0.133 e. The van der Waals surface area contributed by atoms with Crippen LogP contribution >= 0.6 is 27.5 Å². The lowest BCUT2D eigenvalue weighted by Crippen LogP contribution is -2.15. The van der Waals surface area contributed by atoms with Crippen LogP contribution in [-0.4, -0.2) is 19.5 Å². The number of benzene rings is 1. The quantitative estimate of drug-likeness (QED) is 0.660. The third kappa shape index (κ3) is 3.48. The molecule has 1 rings (SSSR count). The Morgan fingerprint density at radius 2 is 2.29 bits per heavy atom. The summed E-state index contributed by atoms with van der Waals surface area (Å²) in [5, 5.41) is 3.22. The molecular weight excluding hydrogens is 265 g/mol. The summed E-state index contributed by atoms with van der Waals surface area (Å²) in [6, 6.07) is 6.02. The van der Waals surface area contributed by atoms with Crippen LogP contribution in [0.2, 0.25) is 0 Å². The highest BCUT2D eigenvalue weighted by molar-refractivity contribution is 9.10. The summed E-state index contributed by atoms with van der Waals surface area (Å²) in [7, 11) is 1.66. The molecule has 4 heteroatoms. The van der Waals surface area contributed by atoms with Crippen LogP contribution in [0.25, 0.3) is 0 Å². The average Bonchev–Trinajstić information content (AvgIpc) is 2.18. The van der Waals surface area contributed by atoms with Crippen molar-refractivity contribution in [1.29, 1.82) is 0 Å². The molecule has 1 aromatic rings. The van der Waals surface area contributed by atoms with E-state index in [2.05, 4.69) is 21.2 Å². The number of nitrogens with one attached hydrogen (secondary N) is 1. The summed E-state index contributed by atoms with van der Waals surface area (Å²) in [6.45, 7) is 1.65. The van der Waals surface area contributed by atoms with Crippen molar-refractivity contribution in [2.24, 2.45) is 0 Å². The normalized spacial score (nSPS) is 10.2. The smallest absolute Gasteiger partial charge is 0.133 e. The zero-order valence-corrected chi connectivity index (χ0v) is 10.4. The van der Waals surface area contributed by atoms with Gasteiger partial charge in [0, 0.05) is 19.0 Å². The summed E-state index contributed by atoms with van der Waals surface area (Å²) in [6.07, 6.45) is 0. The number of ether oxygens (including phenoxy) is 1. The summed E-state index contributed by atoms with van der Waals surface area (Å²) < 4.78 is 6.11. The highest BCUT2D eigenvalue weighted by atomic mass is 79.9. The molecule has 0 radical (unpaired) electrons. The molecule has 0 saturated heterocycles. The van der Waals surface area contributed by atoms with Crippen molar-refractivity contribution in [3.8, 4) is 5.75 Å². The number of methoxy groups -OCH3 is 1. The third-order valence-electron chi connectivity index (χ3n) is 1.82.